The molecule has 1 aliphatic rings. The number of anilines is 1. The van der Waals surface area contributed by atoms with E-state index in [4.69, 9.17) is 0 Å². The van der Waals surface area contributed by atoms with Gasteiger partial charge in [0.15, 0.2) is 0 Å². The van der Waals surface area contributed by atoms with Crippen molar-refractivity contribution in [2.75, 3.05) is 18.5 Å². The molecule has 0 aliphatic heterocycles. The van der Waals surface area contributed by atoms with Gasteiger partial charge in [-0.1, -0.05) is 24.7 Å². The van der Waals surface area contributed by atoms with Crippen LogP contribution < -0.4 is 10.6 Å². The second-order valence-electron chi connectivity index (χ2n) is 6.09. The fraction of sp³-hybridized carbons (Fsp3) is 0.733. The van der Waals surface area contributed by atoms with E-state index < -0.39 is 0 Å². The van der Waals surface area contributed by atoms with Gasteiger partial charge in [0.05, 0.1) is 6.61 Å². The maximum absolute atomic E-state index is 11.8. The minimum Gasteiger partial charge on any atom is -0.396 e. The number of nitrogens with one attached hydrogen (secondary N) is 2. The molecule has 0 unspecified atom stereocenters. The van der Waals surface area contributed by atoms with Gasteiger partial charge in [0, 0.05) is 31.2 Å². The van der Waals surface area contributed by atoms with E-state index in [-0.39, 0.29) is 36.7 Å². The van der Waals surface area contributed by atoms with Gasteiger partial charge in [-0.25, -0.2) is 0 Å². The molecule has 7 nitrogen and oxygen atoms in total. The molecule has 0 aromatic carbocycles. The summed E-state index contributed by atoms with van der Waals surface area (Å²) in [6.07, 6.45) is 5.07. The van der Waals surface area contributed by atoms with Crippen LogP contribution in [0.4, 0.5) is 5.13 Å². The molecule has 0 saturated heterocycles. The highest BCUT2D eigenvalue weighted by Crippen LogP contribution is 2.39. The van der Waals surface area contributed by atoms with Crippen LogP contribution in [0.3, 0.4) is 0 Å². The van der Waals surface area contributed by atoms with E-state index in [9.17, 15) is 14.7 Å². The smallest absolute Gasteiger partial charge is 0.226 e. The number of aliphatic hydroxyl groups is 1. The van der Waals surface area contributed by atoms with Gasteiger partial charge in [0.1, 0.15) is 5.01 Å². The second kappa shape index (κ2) is 8.35. The molecule has 1 heterocycles. The lowest BCUT2D eigenvalue weighted by Crippen LogP contribution is -2.44. The van der Waals surface area contributed by atoms with E-state index in [1.807, 2.05) is 0 Å². The Morgan fingerprint density at radius 3 is 2.61 bits per heavy atom. The molecule has 0 atom stereocenters. The van der Waals surface area contributed by atoms with E-state index in [1.165, 1.54) is 11.3 Å². The van der Waals surface area contributed by atoms with Gasteiger partial charge in [-0.2, -0.15) is 0 Å². The summed E-state index contributed by atoms with van der Waals surface area (Å²) < 4.78 is 0. The Balaban J connectivity index is 1.66. The molecule has 1 aliphatic carbocycles. The van der Waals surface area contributed by atoms with Crippen molar-refractivity contribution in [3.8, 4) is 0 Å². The average molecular weight is 340 g/mol. The van der Waals surface area contributed by atoms with Crippen molar-refractivity contribution in [3.05, 3.63) is 5.01 Å². The number of hydrogen-bond donors (Lipinski definition) is 3. The molecule has 3 N–H and O–H groups in total. The van der Waals surface area contributed by atoms with E-state index in [2.05, 4.69) is 27.8 Å². The second-order valence-corrected chi connectivity index (χ2v) is 7.15. The molecule has 0 spiro atoms. The lowest BCUT2D eigenvalue weighted by Gasteiger charge is -2.40. The summed E-state index contributed by atoms with van der Waals surface area (Å²) >= 11 is 1.36. The molecule has 1 aromatic rings. The molecule has 0 bridgehead atoms. The first-order chi connectivity index (χ1) is 11.1. The Morgan fingerprint density at radius 1 is 1.26 bits per heavy atom. The number of aryl methyl sites for hydroxylation is 1. The first-order valence-corrected chi connectivity index (χ1v) is 8.88. The van der Waals surface area contributed by atoms with Crippen molar-refractivity contribution in [2.24, 2.45) is 5.41 Å². The third-order valence-corrected chi connectivity index (χ3v) is 5.06. The van der Waals surface area contributed by atoms with Crippen LogP contribution in [0.1, 0.15) is 50.5 Å². The van der Waals surface area contributed by atoms with Crippen LogP contribution in [0.2, 0.25) is 0 Å². The Kier molecular flexibility index (Phi) is 6.47. The van der Waals surface area contributed by atoms with Gasteiger partial charge < -0.3 is 15.7 Å². The molecule has 2 rings (SSSR count). The zero-order valence-electron chi connectivity index (χ0n) is 13.4. The van der Waals surface area contributed by atoms with Crippen molar-refractivity contribution in [1.82, 2.24) is 15.5 Å². The number of rotatable bonds is 9. The van der Waals surface area contributed by atoms with Crippen molar-refractivity contribution < 1.29 is 14.7 Å². The molecule has 0 radical (unpaired) electrons. The molecular formula is C15H24N4O3S. The molecule has 1 aromatic heterocycles. The molecule has 1 saturated carbocycles. The van der Waals surface area contributed by atoms with Gasteiger partial charge in [-0.05, 0) is 19.3 Å². The highest BCUT2D eigenvalue weighted by molar-refractivity contribution is 7.15. The summed E-state index contributed by atoms with van der Waals surface area (Å²) in [6, 6.07) is 0. The Labute approximate surface area is 139 Å². The number of carbonyl (C=O) groups excluding carboxylic acids is 2. The van der Waals surface area contributed by atoms with E-state index >= 15 is 0 Å². The number of amides is 2. The minimum atomic E-state index is -0.236. The number of aliphatic hydroxyl groups excluding tert-OH is 1. The molecular weight excluding hydrogens is 316 g/mol. The Bertz CT molecular complexity index is 537. The summed E-state index contributed by atoms with van der Waals surface area (Å²) in [4.78, 5) is 23.6. The van der Waals surface area contributed by atoms with E-state index in [0.29, 0.717) is 11.7 Å². The van der Waals surface area contributed by atoms with E-state index in [0.717, 1.165) is 37.1 Å². The number of nitrogens with zero attached hydrogens (tertiary/aromatic N) is 2. The predicted octanol–water partition coefficient (Wildman–Crippen LogP) is 1.49. The van der Waals surface area contributed by atoms with Gasteiger partial charge >= 0.3 is 0 Å². The maximum Gasteiger partial charge on any atom is 0.226 e. The zero-order valence-corrected chi connectivity index (χ0v) is 14.2. The monoisotopic (exact) mass is 340 g/mol. The van der Waals surface area contributed by atoms with Crippen molar-refractivity contribution >= 4 is 28.3 Å². The molecule has 1 fully saturated rings. The highest BCUT2D eigenvalue weighted by Gasteiger charge is 2.36. The molecule has 128 valence electrons. The third kappa shape index (κ3) is 5.24. The van der Waals surface area contributed by atoms with Gasteiger partial charge in [0.25, 0.3) is 0 Å². The number of carbonyl (C=O) groups is 2. The van der Waals surface area contributed by atoms with Crippen LogP contribution in [0.25, 0.3) is 0 Å². The van der Waals surface area contributed by atoms with Crippen LogP contribution in [-0.4, -0.2) is 40.3 Å². The summed E-state index contributed by atoms with van der Waals surface area (Å²) in [5, 5.41) is 24.1. The predicted molar refractivity (Wildman–Crippen MR) is 88.1 cm³/mol. The minimum absolute atomic E-state index is 0.102. The fourth-order valence-electron chi connectivity index (χ4n) is 2.47. The Hall–Kier alpha value is -1.54. The first kappa shape index (κ1) is 17.8. The van der Waals surface area contributed by atoms with Crippen LogP contribution in [0.15, 0.2) is 0 Å². The molecule has 8 heteroatoms. The zero-order chi connectivity index (χ0) is 16.7. The van der Waals surface area contributed by atoms with Gasteiger partial charge in [-0.15, -0.1) is 10.2 Å². The number of aromatic nitrogens is 2. The third-order valence-electron chi connectivity index (χ3n) is 4.17. The number of hydrogen-bond acceptors (Lipinski definition) is 6. The summed E-state index contributed by atoms with van der Waals surface area (Å²) in [5.41, 5.74) is -0.139. The lowest BCUT2D eigenvalue weighted by atomic mass is 9.69. The van der Waals surface area contributed by atoms with Crippen molar-refractivity contribution in [1.29, 1.82) is 0 Å². The molecule has 23 heavy (non-hydrogen) atoms. The largest absolute Gasteiger partial charge is 0.396 e. The normalized spacial score (nSPS) is 15.7. The fourth-order valence-corrected chi connectivity index (χ4v) is 3.33. The van der Waals surface area contributed by atoms with Crippen LogP contribution in [0, 0.1) is 5.41 Å². The summed E-state index contributed by atoms with van der Waals surface area (Å²) in [6.45, 7) is 2.65. The van der Waals surface area contributed by atoms with Gasteiger partial charge in [0.2, 0.25) is 16.9 Å². The molecule has 2 amide bonds. The van der Waals surface area contributed by atoms with Gasteiger partial charge in [-0.3, -0.25) is 9.59 Å². The topological polar surface area (TPSA) is 104 Å². The maximum atomic E-state index is 11.8. The van der Waals surface area contributed by atoms with Crippen LogP contribution in [-0.2, 0) is 16.0 Å². The van der Waals surface area contributed by atoms with E-state index in [1.54, 1.807) is 0 Å². The SMILES string of the molecule is CCCc1nnc(NC(=O)CCC(=O)NCC2(CO)CCC2)s1. The highest BCUT2D eigenvalue weighted by atomic mass is 32.1. The summed E-state index contributed by atoms with van der Waals surface area (Å²) in [7, 11) is 0. The average Bonchev–Trinajstić information content (AvgIpc) is 2.92. The first-order valence-electron chi connectivity index (χ1n) is 8.07. The van der Waals surface area contributed by atoms with Crippen molar-refractivity contribution in [3.63, 3.8) is 0 Å². The van der Waals surface area contributed by atoms with Crippen LogP contribution >= 0.6 is 11.3 Å². The summed E-state index contributed by atoms with van der Waals surface area (Å²) in [5.74, 6) is -0.399. The standard InChI is InChI=1S/C15H24N4O3S/c1-2-4-13-18-19-14(23-13)17-12(22)6-5-11(21)16-9-15(10-20)7-3-8-15/h20H,2-10H2,1H3,(H,16,21)(H,17,19,22). The van der Waals surface area contributed by atoms with Crippen LogP contribution in [0.5, 0.6) is 0 Å². The lowest BCUT2D eigenvalue weighted by molar-refractivity contribution is -0.125. The Morgan fingerprint density at radius 2 is 2.00 bits per heavy atom. The quantitative estimate of drug-likeness (QED) is 0.632. The van der Waals surface area contributed by atoms with Crippen molar-refractivity contribution in [2.45, 2.75) is 51.9 Å².